The van der Waals surface area contributed by atoms with Gasteiger partial charge in [0, 0.05) is 11.1 Å². The van der Waals surface area contributed by atoms with Crippen molar-refractivity contribution in [2.24, 2.45) is 0 Å². The van der Waals surface area contributed by atoms with Crippen LogP contribution in [0.3, 0.4) is 0 Å². The summed E-state index contributed by atoms with van der Waals surface area (Å²) in [7, 11) is -3.28. The predicted octanol–water partition coefficient (Wildman–Crippen LogP) is 3.59. The Morgan fingerprint density at radius 2 is 1.75 bits per heavy atom. The molecule has 5 nitrogen and oxygen atoms in total. The van der Waals surface area contributed by atoms with Crippen molar-refractivity contribution < 1.29 is 17.9 Å². The lowest BCUT2D eigenvalue weighted by Crippen LogP contribution is -2.42. The van der Waals surface area contributed by atoms with Crippen LogP contribution in [0.15, 0.2) is 53.9 Å². The summed E-state index contributed by atoms with van der Waals surface area (Å²) in [6, 6.07) is 12.8. The Kier molecular flexibility index (Phi) is 5.89. The number of benzene rings is 2. The smallest absolute Gasteiger partial charge is 0.231 e. The molecule has 6 heteroatoms. The van der Waals surface area contributed by atoms with Crippen LogP contribution in [0.1, 0.15) is 23.6 Å². The molecule has 0 saturated heterocycles. The largest absolute Gasteiger partial charge is 0.494 e. The van der Waals surface area contributed by atoms with Crippen molar-refractivity contribution in [1.29, 1.82) is 0 Å². The van der Waals surface area contributed by atoms with Crippen LogP contribution in [0.25, 0.3) is 0 Å². The average molecular weight is 400 g/mol. The highest BCUT2D eigenvalue weighted by atomic mass is 32.2. The SMILES string of the molecule is CCOc1ccc(CC(=O)N(c2cc(C)cc(C)c2)[C@@H]2C=CS(=O)(=O)C2)cc1. The van der Waals surface area contributed by atoms with Crippen LogP contribution in [0, 0.1) is 13.8 Å². The third kappa shape index (κ3) is 4.81. The standard InChI is InChI=1S/C22H25NO4S/c1-4-27-21-7-5-18(6-8-21)14-22(24)23(19-9-10-28(25,26)15-19)20-12-16(2)11-17(3)13-20/h5-13,19H,4,14-15H2,1-3H3/t19-/m1/s1. The van der Waals surface area contributed by atoms with Crippen LogP contribution in [0.4, 0.5) is 5.69 Å². The fourth-order valence-corrected chi connectivity index (χ4v) is 4.73. The van der Waals surface area contributed by atoms with Gasteiger partial charge in [-0.1, -0.05) is 18.2 Å². The zero-order chi connectivity index (χ0) is 20.3. The van der Waals surface area contributed by atoms with E-state index in [0.29, 0.717) is 6.61 Å². The maximum atomic E-state index is 13.2. The molecule has 0 fully saturated rings. The van der Waals surface area contributed by atoms with Gasteiger partial charge >= 0.3 is 0 Å². The lowest BCUT2D eigenvalue weighted by Gasteiger charge is -2.28. The number of aryl methyl sites for hydroxylation is 2. The molecule has 2 aromatic rings. The van der Waals surface area contributed by atoms with Gasteiger partial charge in [0.15, 0.2) is 9.84 Å². The molecule has 1 amide bonds. The molecule has 148 valence electrons. The number of amides is 1. The minimum absolute atomic E-state index is 0.0883. The van der Waals surface area contributed by atoms with Gasteiger partial charge in [-0.2, -0.15) is 0 Å². The minimum atomic E-state index is -3.28. The first-order chi connectivity index (χ1) is 13.3. The molecule has 0 spiro atoms. The summed E-state index contributed by atoms with van der Waals surface area (Å²) in [5.41, 5.74) is 3.63. The predicted molar refractivity (Wildman–Crippen MR) is 111 cm³/mol. The second-order valence-corrected chi connectivity index (χ2v) is 9.02. The van der Waals surface area contributed by atoms with E-state index in [1.165, 1.54) is 5.41 Å². The van der Waals surface area contributed by atoms with Crippen LogP contribution in [0.5, 0.6) is 5.75 Å². The van der Waals surface area contributed by atoms with E-state index in [2.05, 4.69) is 0 Å². The van der Waals surface area contributed by atoms with Crippen molar-refractivity contribution in [2.45, 2.75) is 33.2 Å². The molecule has 2 aromatic carbocycles. The maximum absolute atomic E-state index is 13.2. The van der Waals surface area contributed by atoms with Gasteiger partial charge in [-0.25, -0.2) is 8.42 Å². The summed E-state index contributed by atoms with van der Waals surface area (Å²) in [5, 5.41) is 1.21. The molecular formula is C22H25NO4S. The molecule has 0 aromatic heterocycles. The van der Waals surface area contributed by atoms with Crippen LogP contribution in [-0.2, 0) is 21.1 Å². The quantitative estimate of drug-likeness (QED) is 0.745. The summed E-state index contributed by atoms with van der Waals surface area (Å²) in [6.45, 7) is 6.43. The average Bonchev–Trinajstić information content (AvgIpc) is 2.95. The molecule has 1 aliphatic rings. The summed E-state index contributed by atoms with van der Waals surface area (Å²) in [5.74, 6) is 0.533. The molecule has 0 N–H and O–H groups in total. The van der Waals surface area contributed by atoms with E-state index in [-0.39, 0.29) is 18.1 Å². The molecule has 0 aliphatic carbocycles. The molecule has 0 bridgehead atoms. The highest BCUT2D eigenvalue weighted by Gasteiger charge is 2.31. The number of nitrogens with zero attached hydrogens (tertiary/aromatic N) is 1. The number of carbonyl (C=O) groups is 1. The Labute approximate surface area is 166 Å². The van der Waals surface area contributed by atoms with Gasteiger partial charge in [0.2, 0.25) is 5.91 Å². The second-order valence-electron chi connectivity index (χ2n) is 7.09. The molecule has 0 radical (unpaired) electrons. The Bertz CT molecular complexity index is 973. The molecule has 1 aliphatic heterocycles. The number of ether oxygens (including phenoxy) is 1. The van der Waals surface area contributed by atoms with E-state index in [9.17, 15) is 13.2 Å². The zero-order valence-corrected chi connectivity index (χ0v) is 17.2. The van der Waals surface area contributed by atoms with E-state index >= 15 is 0 Å². The lowest BCUT2D eigenvalue weighted by atomic mass is 10.1. The van der Waals surface area contributed by atoms with Crippen molar-refractivity contribution in [2.75, 3.05) is 17.3 Å². The molecule has 0 unspecified atom stereocenters. The Morgan fingerprint density at radius 1 is 1.11 bits per heavy atom. The number of carbonyl (C=O) groups excluding carboxylic acids is 1. The van der Waals surface area contributed by atoms with Gasteiger partial charge in [0.1, 0.15) is 5.75 Å². The summed E-state index contributed by atoms with van der Waals surface area (Å²) < 4.78 is 29.3. The van der Waals surface area contributed by atoms with E-state index in [0.717, 1.165) is 28.1 Å². The molecule has 0 saturated carbocycles. The zero-order valence-electron chi connectivity index (χ0n) is 16.4. The Balaban J connectivity index is 1.89. The third-order valence-corrected chi connectivity index (χ3v) is 5.96. The number of hydrogen-bond acceptors (Lipinski definition) is 4. The fourth-order valence-electron chi connectivity index (χ4n) is 3.46. The van der Waals surface area contributed by atoms with E-state index in [1.54, 1.807) is 11.0 Å². The molecule has 1 atom stereocenters. The van der Waals surface area contributed by atoms with Gasteiger partial charge in [-0.3, -0.25) is 4.79 Å². The van der Waals surface area contributed by atoms with Gasteiger partial charge in [-0.05, 0) is 67.8 Å². The van der Waals surface area contributed by atoms with Crippen molar-refractivity contribution in [1.82, 2.24) is 0 Å². The first kappa shape index (κ1) is 20.1. The second kappa shape index (κ2) is 8.19. The van der Waals surface area contributed by atoms with E-state index < -0.39 is 15.9 Å². The topological polar surface area (TPSA) is 63.7 Å². The first-order valence-electron chi connectivity index (χ1n) is 9.30. The van der Waals surface area contributed by atoms with Gasteiger partial charge in [0.25, 0.3) is 0 Å². The maximum Gasteiger partial charge on any atom is 0.231 e. The van der Waals surface area contributed by atoms with Crippen molar-refractivity contribution >= 4 is 21.4 Å². The summed E-state index contributed by atoms with van der Waals surface area (Å²) >= 11 is 0. The molecule has 28 heavy (non-hydrogen) atoms. The minimum Gasteiger partial charge on any atom is -0.494 e. The number of hydrogen-bond donors (Lipinski definition) is 0. The third-order valence-electron chi connectivity index (χ3n) is 4.59. The van der Waals surface area contributed by atoms with Gasteiger partial charge in [0.05, 0.1) is 24.8 Å². The van der Waals surface area contributed by atoms with Crippen LogP contribution >= 0.6 is 0 Å². The van der Waals surface area contributed by atoms with E-state index in [4.69, 9.17) is 4.74 Å². The lowest BCUT2D eigenvalue weighted by molar-refractivity contribution is -0.118. The number of anilines is 1. The summed E-state index contributed by atoms with van der Waals surface area (Å²) in [6.07, 6.45) is 1.78. The molecule has 3 rings (SSSR count). The number of sulfone groups is 1. The molecule has 1 heterocycles. The molecular weight excluding hydrogens is 374 g/mol. The van der Waals surface area contributed by atoms with Crippen molar-refractivity contribution in [3.63, 3.8) is 0 Å². The monoisotopic (exact) mass is 399 g/mol. The highest BCUT2D eigenvalue weighted by Crippen LogP contribution is 2.26. The fraction of sp³-hybridized carbons (Fsp3) is 0.318. The van der Waals surface area contributed by atoms with Gasteiger partial charge < -0.3 is 9.64 Å². The van der Waals surface area contributed by atoms with Crippen LogP contribution < -0.4 is 9.64 Å². The summed E-state index contributed by atoms with van der Waals surface area (Å²) in [4.78, 5) is 14.8. The van der Waals surface area contributed by atoms with Crippen LogP contribution in [-0.4, -0.2) is 32.7 Å². The van der Waals surface area contributed by atoms with Crippen molar-refractivity contribution in [3.05, 3.63) is 70.6 Å². The first-order valence-corrected chi connectivity index (χ1v) is 11.0. The normalized spacial score (nSPS) is 17.5. The Morgan fingerprint density at radius 3 is 2.29 bits per heavy atom. The van der Waals surface area contributed by atoms with E-state index in [1.807, 2.05) is 63.2 Å². The van der Waals surface area contributed by atoms with Gasteiger partial charge in [-0.15, -0.1) is 0 Å². The number of rotatable bonds is 6. The Hall–Kier alpha value is -2.60. The van der Waals surface area contributed by atoms with Crippen molar-refractivity contribution in [3.8, 4) is 5.75 Å². The highest BCUT2D eigenvalue weighted by molar-refractivity contribution is 7.94. The van der Waals surface area contributed by atoms with Crippen LogP contribution in [0.2, 0.25) is 0 Å².